The number of ether oxygens (including phenoxy) is 1. The summed E-state index contributed by atoms with van der Waals surface area (Å²) in [6.07, 6.45) is 0. The van der Waals surface area contributed by atoms with E-state index in [-0.39, 0.29) is 28.7 Å². The number of rotatable bonds is 5. The lowest BCUT2D eigenvalue weighted by molar-refractivity contribution is 0.0606. The number of esters is 1. The maximum absolute atomic E-state index is 12.0. The van der Waals surface area contributed by atoms with Gasteiger partial charge in [-0.3, -0.25) is 0 Å². The van der Waals surface area contributed by atoms with Crippen LogP contribution < -0.4 is 10.5 Å². The molecular weight excluding hydrogens is 312 g/mol. The van der Waals surface area contributed by atoms with E-state index in [4.69, 9.17) is 5.73 Å². The van der Waals surface area contributed by atoms with Crippen LogP contribution in [0, 0.1) is 0 Å². The third kappa shape index (κ3) is 4.73. The predicted molar refractivity (Wildman–Crippen MR) is 76.4 cm³/mol. The van der Waals surface area contributed by atoms with E-state index < -0.39 is 21.5 Å². The van der Waals surface area contributed by atoms with Crippen LogP contribution in [-0.4, -0.2) is 33.6 Å². The molecule has 110 valence electrons. The Bertz CT molecular complexity index is 539. The molecular formula is C10H17ClN2O4S2. The average Bonchev–Trinajstić information content (AvgIpc) is 2.76. The lowest BCUT2D eigenvalue weighted by Gasteiger charge is -2.23. The first-order valence-corrected chi connectivity index (χ1v) is 7.49. The van der Waals surface area contributed by atoms with Crippen molar-refractivity contribution in [3.63, 3.8) is 0 Å². The molecule has 1 aromatic rings. The molecule has 0 saturated heterocycles. The van der Waals surface area contributed by atoms with Crippen LogP contribution >= 0.6 is 23.7 Å². The minimum atomic E-state index is -3.68. The number of nitrogens with two attached hydrogens (primary N) is 1. The summed E-state index contributed by atoms with van der Waals surface area (Å²) in [6.45, 7) is 3.52. The minimum Gasteiger partial charge on any atom is -0.465 e. The molecule has 0 radical (unpaired) electrons. The van der Waals surface area contributed by atoms with Crippen molar-refractivity contribution in [2.45, 2.75) is 24.3 Å². The summed E-state index contributed by atoms with van der Waals surface area (Å²) in [4.78, 5) is 11.5. The van der Waals surface area contributed by atoms with Crippen molar-refractivity contribution < 1.29 is 17.9 Å². The largest absolute Gasteiger partial charge is 0.465 e. The molecule has 0 bridgehead atoms. The van der Waals surface area contributed by atoms with E-state index in [1.807, 2.05) is 0 Å². The molecule has 19 heavy (non-hydrogen) atoms. The fourth-order valence-corrected chi connectivity index (χ4v) is 3.74. The molecule has 0 atom stereocenters. The number of carbonyl (C=O) groups excluding carboxylic acids is 1. The Labute approximate surface area is 122 Å². The number of hydrogen-bond donors (Lipinski definition) is 2. The first-order valence-electron chi connectivity index (χ1n) is 5.13. The topological polar surface area (TPSA) is 98.5 Å². The van der Waals surface area contributed by atoms with Gasteiger partial charge in [0.25, 0.3) is 0 Å². The third-order valence-corrected chi connectivity index (χ3v) is 4.93. The van der Waals surface area contributed by atoms with E-state index in [0.29, 0.717) is 0 Å². The van der Waals surface area contributed by atoms with Crippen LogP contribution in [-0.2, 0) is 14.8 Å². The van der Waals surface area contributed by atoms with Crippen molar-refractivity contribution in [1.29, 1.82) is 0 Å². The molecule has 1 aromatic heterocycles. The summed E-state index contributed by atoms with van der Waals surface area (Å²) in [5.41, 5.74) is 4.72. The molecule has 1 heterocycles. The van der Waals surface area contributed by atoms with Crippen LogP contribution in [0.2, 0.25) is 0 Å². The second kappa shape index (κ2) is 6.67. The molecule has 0 saturated carbocycles. The number of carbonyl (C=O) groups is 1. The van der Waals surface area contributed by atoms with Crippen molar-refractivity contribution >= 4 is 39.7 Å². The highest BCUT2D eigenvalue weighted by atomic mass is 35.5. The van der Waals surface area contributed by atoms with Crippen LogP contribution in [0.4, 0.5) is 0 Å². The Kier molecular flexibility index (Phi) is 6.43. The molecule has 0 aliphatic heterocycles. The van der Waals surface area contributed by atoms with Gasteiger partial charge in [0.2, 0.25) is 10.0 Å². The van der Waals surface area contributed by atoms with Crippen molar-refractivity contribution in [2.75, 3.05) is 13.7 Å². The molecule has 1 rings (SSSR count). The summed E-state index contributed by atoms with van der Waals surface area (Å²) in [5.74, 6) is -0.556. The van der Waals surface area contributed by atoms with Gasteiger partial charge >= 0.3 is 5.97 Å². The van der Waals surface area contributed by atoms with Gasteiger partial charge in [-0.2, -0.15) is 0 Å². The van der Waals surface area contributed by atoms with Crippen molar-refractivity contribution in [2.24, 2.45) is 5.73 Å². The van der Waals surface area contributed by atoms with Gasteiger partial charge in [0.1, 0.15) is 4.88 Å². The van der Waals surface area contributed by atoms with Crippen molar-refractivity contribution in [1.82, 2.24) is 4.72 Å². The van der Waals surface area contributed by atoms with Gasteiger partial charge in [-0.15, -0.1) is 23.7 Å². The second-order valence-electron chi connectivity index (χ2n) is 4.33. The lowest BCUT2D eigenvalue weighted by atomic mass is 10.1. The van der Waals surface area contributed by atoms with Gasteiger partial charge in [0, 0.05) is 17.5 Å². The van der Waals surface area contributed by atoms with Crippen LogP contribution in [0.3, 0.4) is 0 Å². The zero-order valence-corrected chi connectivity index (χ0v) is 13.2. The summed E-state index contributed by atoms with van der Waals surface area (Å²) >= 11 is 1.02. The molecule has 0 spiro atoms. The molecule has 0 fully saturated rings. The molecule has 0 amide bonds. The van der Waals surface area contributed by atoms with Gasteiger partial charge in [0.15, 0.2) is 0 Å². The monoisotopic (exact) mass is 328 g/mol. The minimum absolute atomic E-state index is 0. The van der Waals surface area contributed by atoms with Gasteiger partial charge in [-0.05, 0) is 19.9 Å². The molecule has 0 unspecified atom stereocenters. The van der Waals surface area contributed by atoms with E-state index in [0.717, 1.165) is 11.3 Å². The van der Waals surface area contributed by atoms with Gasteiger partial charge in [0.05, 0.1) is 12.0 Å². The Morgan fingerprint density at radius 1 is 1.53 bits per heavy atom. The Morgan fingerprint density at radius 3 is 2.58 bits per heavy atom. The Hall–Kier alpha value is -0.670. The second-order valence-corrected chi connectivity index (χ2v) is 6.93. The van der Waals surface area contributed by atoms with E-state index in [1.54, 1.807) is 13.8 Å². The zero-order chi connectivity index (χ0) is 14.0. The third-order valence-electron chi connectivity index (χ3n) is 2.19. The van der Waals surface area contributed by atoms with E-state index in [2.05, 4.69) is 9.46 Å². The number of sulfonamides is 1. The first kappa shape index (κ1) is 18.3. The molecule has 6 nitrogen and oxygen atoms in total. The Balaban J connectivity index is 0.00000324. The summed E-state index contributed by atoms with van der Waals surface area (Å²) in [7, 11) is -2.44. The van der Waals surface area contributed by atoms with E-state index in [9.17, 15) is 13.2 Å². The fraction of sp³-hybridized carbons (Fsp3) is 0.500. The smallest absolute Gasteiger partial charge is 0.348 e. The molecule has 0 aromatic carbocycles. The van der Waals surface area contributed by atoms with E-state index >= 15 is 0 Å². The highest BCUT2D eigenvalue weighted by molar-refractivity contribution is 7.89. The van der Waals surface area contributed by atoms with Gasteiger partial charge in [-0.25, -0.2) is 17.9 Å². The highest BCUT2D eigenvalue weighted by Gasteiger charge is 2.26. The SMILES string of the molecule is COC(=O)c1cc(S(=O)(=O)NC(C)(C)CN)cs1.Cl. The summed E-state index contributed by atoms with van der Waals surface area (Å²) in [6, 6.07) is 1.28. The molecule has 0 aliphatic rings. The molecule has 3 N–H and O–H groups in total. The van der Waals surface area contributed by atoms with Gasteiger partial charge < -0.3 is 10.5 Å². The summed E-state index contributed by atoms with van der Waals surface area (Å²) < 4.78 is 31.0. The maximum Gasteiger partial charge on any atom is 0.348 e. The number of nitrogens with one attached hydrogen (secondary N) is 1. The van der Waals surface area contributed by atoms with Crippen LogP contribution in [0.5, 0.6) is 0 Å². The quantitative estimate of drug-likeness (QED) is 0.785. The maximum atomic E-state index is 12.0. The van der Waals surface area contributed by atoms with Crippen LogP contribution in [0.15, 0.2) is 16.3 Å². The lowest BCUT2D eigenvalue weighted by Crippen LogP contribution is -2.48. The number of hydrogen-bond acceptors (Lipinski definition) is 6. The van der Waals surface area contributed by atoms with Crippen LogP contribution in [0.25, 0.3) is 0 Å². The van der Waals surface area contributed by atoms with Crippen molar-refractivity contribution in [3.05, 3.63) is 16.3 Å². The highest BCUT2D eigenvalue weighted by Crippen LogP contribution is 2.21. The standard InChI is InChI=1S/C10H16N2O4S2.ClH/c1-10(2,6-11)12-18(14,15)7-4-8(17-5-7)9(13)16-3;/h4-5,12H,6,11H2,1-3H3;1H. The van der Waals surface area contributed by atoms with E-state index in [1.165, 1.54) is 18.6 Å². The van der Waals surface area contributed by atoms with Gasteiger partial charge in [-0.1, -0.05) is 0 Å². The average molecular weight is 329 g/mol. The fourth-order valence-electron chi connectivity index (χ4n) is 1.13. The predicted octanol–water partition coefficient (Wildman–Crippen LogP) is 0.972. The number of methoxy groups -OCH3 is 1. The number of halogens is 1. The molecule has 9 heteroatoms. The first-order chi connectivity index (χ1) is 8.22. The molecule has 0 aliphatic carbocycles. The van der Waals surface area contributed by atoms with Crippen LogP contribution in [0.1, 0.15) is 23.5 Å². The summed E-state index contributed by atoms with van der Waals surface area (Å²) in [5, 5.41) is 1.39. The Morgan fingerprint density at radius 2 is 2.11 bits per heavy atom. The van der Waals surface area contributed by atoms with Crippen molar-refractivity contribution in [3.8, 4) is 0 Å². The zero-order valence-electron chi connectivity index (χ0n) is 10.8. The number of thiophene rings is 1. The normalized spacial score (nSPS) is 11.8.